The van der Waals surface area contributed by atoms with E-state index in [0.717, 1.165) is 62.0 Å². The molecule has 1 amide bonds. The first-order chi connectivity index (χ1) is 16.7. The molecular weight excluding hydrogens is 424 g/mol. The summed E-state index contributed by atoms with van der Waals surface area (Å²) in [6.45, 7) is 6.92. The van der Waals surface area contributed by atoms with Crippen molar-refractivity contribution in [2.45, 2.75) is 5.92 Å². The maximum atomic E-state index is 13.7. The number of aromatic nitrogens is 2. The molecule has 0 N–H and O–H groups in total. The third-order valence-corrected chi connectivity index (χ3v) is 6.89. The summed E-state index contributed by atoms with van der Waals surface area (Å²) in [4.78, 5) is 22.5. The van der Waals surface area contributed by atoms with Gasteiger partial charge in [0.15, 0.2) is 11.6 Å². The Balaban J connectivity index is 1.24. The van der Waals surface area contributed by atoms with Gasteiger partial charge in [-0.15, -0.1) is 10.2 Å². The van der Waals surface area contributed by atoms with E-state index in [-0.39, 0.29) is 11.8 Å². The number of amides is 1. The number of likely N-dealkylation sites (N-methyl/N-ethyl adjacent to an activating group) is 1. The van der Waals surface area contributed by atoms with Crippen LogP contribution in [0.3, 0.4) is 0 Å². The molecule has 0 atom stereocenters. The Hall–Kier alpha value is -3.45. The van der Waals surface area contributed by atoms with E-state index in [1.165, 1.54) is 0 Å². The summed E-state index contributed by atoms with van der Waals surface area (Å²) in [5, 5.41) is 9.01. The van der Waals surface area contributed by atoms with Crippen molar-refractivity contribution in [3.8, 4) is 0 Å². The van der Waals surface area contributed by atoms with Crippen molar-refractivity contribution in [1.82, 2.24) is 20.0 Å². The molecule has 2 aromatic carbocycles. The van der Waals surface area contributed by atoms with Gasteiger partial charge in [-0.25, -0.2) is 0 Å². The van der Waals surface area contributed by atoms with Gasteiger partial charge in [-0.1, -0.05) is 60.7 Å². The zero-order chi connectivity index (χ0) is 23.3. The highest BCUT2D eigenvalue weighted by atomic mass is 16.2. The minimum Gasteiger partial charge on any atom is -0.353 e. The summed E-state index contributed by atoms with van der Waals surface area (Å²) in [7, 11) is 2.15. The van der Waals surface area contributed by atoms with Gasteiger partial charge in [-0.05, 0) is 30.3 Å². The second kappa shape index (κ2) is 10.2. The smallest absolute Gasteiger partial charge is 0.234 e. The van der Waals surface area contributed by atoms with E-state index < -0.39 is 0 Å². The van der Waals surface area contributed by atoms with Crippen molar-refractivity contribution in [2.24, 2.45) is 0 Å². The molecule has 2 aliphatic rings. The zero-order valence-electron chi connectivity index (χ0n) is 19.8. The molecule has 34 heavy (non-hydrogen) atoms. The number of hydrogen-bond donors (Lipinski definition) is 0. The van der Waals surface area contributed by atoms with Crippen LogP contribution in [-0.4, -0.2) is 85.3 Å². The quantitative estimate of drug-likeness (QED) is 0.589. The standard InChI is InChI=1S/C27H32N6O/c1-30-14-16-31(17-15-30)24-12-13-25(29-28-24)32-18-20-33(21-19-32)27(34)26(22-8-4-2-5-9-22)23-10-6-3-7-11-23/h2-13,26H,14-21H2,1H3. The summed E-state index contributed by atoms with van der Waals surface area (Å²) in [6, 6.07) is 24.3. The summed E-state index contributed by atoms with van der Waals surface area (Å²) in [6.07, 6.45) is 0. The predicted molar refractivity (Wildman–Crippen MR) is 135 cm³/mol. The number of rotatable bonds is 5. The molecule has 7 nitrogen and oxygen atoms in total. The molecule has 0 saturated carbocycles. The van der Waals surface area contributed by atoms with Crippen molar-refractivity contribution in [3.05, 3.63) is 83.9 Å². The molecule has 7 heteroatoms. The van der Waals surface area contributed by atoms with E-state index in [1.807, 2.05) is 65.6 Å². The fourth-order valence-corrected chi connectivity index (χ4v) is 4.80. The molecule has 2 saturated heterocycles. The number of anilines is 2. The Labute approximate surface area is 201 Å². The van der Waals surface area contributed by atoms with Gasteiger partial charge in [0.05, 0.1) is 5.92 Å². The number of benzene rings is 2. The third kappa shape index (κ3) is 4.89. The Kier molecular flexibility index (Phi) is 6.72. The number of hydrogen-bond acceptors (Lipinski definition) is 6. The largest absolute Gasteiger partial charge is 0.353 e. The fourth-order valence-electron chi connectivity index (χ4n) is 4.80. The highest BCUT2D eigenvalue weighted by Gasteiger charge is 2.30. The van der Waals surface area contributed by atoms with E-state index >= 15 is 0 Å². The van der Waals surface area contributed by atoms with Crippen LogP contribution in [0.5, 0.6) is 0 Å². The lowest BCUT2D eigenvalue weighted by Crippen LogP contribution is -2.50. The maximum Gasteiger partial charge on any atom is 0.234 e. The highest BCUT2D eigenvalue weighted by molar-refractivity contribution is 5.87. The first-order valence-electron chi connectivity index (χ1n) is 12.1. The van der Waals surface area contributed by atoms with Gasteiger partial charge < -0.3 is 19.6 Å². The molecule has 2 aliphatic heterocycles. The molecule has 0 radical (unpaired) electrons. The number of carbonyl (C=O) groups excluding carboxylic acids is 1. The third-order valence-electron chi connectivity index (χ3n) is 6.89. The van der Waals surface area contributed by atoms with E-state index in [1.54, 1.807) is 0 Å². The summed E-state index contributed by atoms with van der Waals surface area (Å²) in [5.74, 6) is 1.71. The Bertz CT molecular complexity index is 1020. The average Bonchev–Trinajstić information content (AvgIpc) is 2.91. The first-order valence-corrected chi connectivity index (χ1v) is 12.1. The molecule has 0 bridgehead atoms. The molecule has 0 spiro atoms. The molecule has 3 aromatic rings. The lowest BCUT2D eigenvalue weighted by Gasteiger charge is -2.37. The Morgan fingerprint density at radius 1 is 0.647 bits per heavy atom. The fraction of sp³-hybridized carbons (Fsp3) is 0.370. The van der Waals surface area contributed by atoms with Gasteiger partial charge in [0, 0.05) is 52.4 Å². The zero-order valence-corrected chi connectivity index (χ0v) is 19.8. The van der Waals surface area contributed by atoms with Gasteiger partial charge in [-0.3, -0.25) is 4.79 Å². The number of carbonyl (C=O) groups is 1. The van der Waals surface area contributed by atoms with E-state index in [2.05, 4.69) is 44.1 Å². The average molecular weight is 457 g/mol. The van der Waals surface area contributed by atoms with Crippen LogP contribution in [0.2, 0.25) is 0 Å². The molecule has 1 aromatic heterocycles. The van der Waals surface area contributed by atoms with Crippen LogP contribution < -0.4 is 9.80 Å². The van der Waals surface area contributed by atoms with Crippen LogP contribution in [0.4, 0.5) is 11.6 Å². The molecule has 0 unspecified atom stereocenters. The molecular formula is C27H32N6O. The van der Waals surface area contributed by atoms with Crippen LogP contribution in [0.25, 0.3) is 0 Å². The van der Waals surface area contributed by atoms with Crippen LogP contribution in [0, 0.1) is 0 Å². The van der Waals surface area contributed by atoms with Crippen molar-refractivity contribution in [2.75, 3.05) is 69.2 Å². The molecule has 176 valence electrons. The minimum absolute atomic E-state index is 0.161. The van der Waals surface area contributed by atoms with E-state index in [9.17, 15) is 4.79 Å². The number of nitrogens with zero attached hydrogens (tertiary/aromatic N) is 6. The Morgan fingerprint density at radius 2 is 1.09 bits per heavy atom. The lowest BCUT2D eigenvalue weighted by atomic mass is 9.90. The second-order valence-corrected chi connectivity index (χ2v) is 9.11. The number of piperazine rings is 2. The van der Waals surface area contributed by atoms with Crippen molar-refractivity contribution < 1.29 is 4.79 Å². The second-order valence-electron chi connectivity index (χ2n) is 9.11. The molecule has 2 fully saturated rings. The van der Waals surface area contributed by atoms with Gasteiger partial charge in [0.1, 0.15) is 0 Å². The van der Waals surface area contributed by atoms with Crippen LogP contribution >= 0.6 is 0 Å². The van der Waals surface area contributed by atoms with Crippen LogP contribution in [-0.2, 0) is 4.79 Å². The van der Waals surface area contributed by atoms with Gasteiger partial charge >= 0.3 is 0 Å². The monoisotopic (exact) mass is 456 g/mol. The Morgan fingerprint density at radius 3 is 1.53 bits per heavy atom. The van der Waals surface area contributed by atoms with Gasteiger partial charge in [0.25, 0.3) is 0 Å². The molecule has 3 heterocycles. The summed E-state index contributed by atoms with van der Waals surface area (Å²) < 4.78 is 0. The minimum atomic E-state index is -0.281. The summed E-state index contributed by atoms with van der Waals surface area (Å²) >= 11 is 0. The van der Waals surface area contributed by atoms with Crippen molar-refractivity contribution in [3.63, 3.8) is 0 Å². The van der Waals surface area contributed by atoms with Crippen molar-refractivity contribution >= 4 is 17.5 Å². The predicted octanol–water partition coefficient (Wildman–Crippen LogP) is 2.71. The highest BCUT2D eigenvalue weighted by Crippen LogP contribution is 2.28. The summed E-state index contributed by atoms with van der Waals surface area (Å²) in [5.41, 5.74) is 2.07. The van der Waals surface area contributed by atoms with Crippen LogP contribution in [0.15, 0.2) is 72.8 Å². The van der Waals surface area contributed by atoms with Crippen LogP contribution in [0.1, 0.15) is 17.0 Å². The van der Waals surface area contributed by atoms with Gasteiger partial charge in [-0.2, -0.15) is 0 Å². The SMILES string of the molecule is CN1CCN(c2ccc(N3CCN(C(=O)C(c4ccccc4)c4ccccc4)CC3)nn2)CC1. The van der Waals surface area contributed by atoms with E-state index in [0.29, 0.717) is 13.1 Å². The molecule has 5 rings (SSSR count). The maximum absolute atomic E-state index is 13.7. The topological polar surface area (TPSA) is 55.8 Å². The normalized spacial score (nSPS) is 17.3. The van der Waals surface area contributed by atoms with E-state index in [4.69, 9.17) is 0 Å². The van der Waals surface area contributed by atoms with Gasteiger partial charge in [0.2, 0.25) is 5.91 Å². The van der Waals surface area contributed by atoms with Crippen molar-refractivity contribution in [1.29, 1.82) is 0 Å². The first kappa shape index (κ1) is 22.3. The molecule has 0 aliphatic carbocycles. The lowest BCUT2D eigenvalue weighted by molar-refractivity contribution is -0.132.